The van der Waals surface area contributed by atoms with Crippen molar-refractivity contribution in [3.8, 4) is 11.5 Å². The third-order valence-electron chi connectivity index (χ3n) is 3.66. The van der Waals surface area contributed by atoms with Gasteiger partial charge < -0.3 is 5.11 Å². The van der Waals surface area contributed by atoms with E-state index in [4.69, 9.17) is 0 Å². The fraction of sp³-hybridized carbons (Fsp3) is 0.545. The van der Waals surface area contributed by atoms with Crippen molar-refractivity contribution in [2.24, 2.45) is 5.41 Å². The molecule has 1 fully saturated rings. The maximum absolute atomic E-state index is 11.6. The van der Waals surface area contributed by atoms with Crippen LogP contribution in [0.5, 0.6) is 0 Å². The number of rotatable bonds is 4. The summed E-state index contributed by atoms with van der Waals surface area (Å²) in [6, 6.07) is 0. The number of carboxylic acids is 1. The number of carbonyl (C=O) groups is 1. The van der Waals surface area contributed by atoms with Gasteiger partial charge in [0.2, 0.25) is 5.82 Å². The highest BCUT2D eigenvalue weighted by Crippen LogP contribution is 2.40. The van der Waals surface area contributed by atoms with E-state index in [9.17, 15) is 9.90 Å². The molecule has 7 nitrogen and oxygen atoms in total. The van der Waals surface area contributed by atoms with Crippen LogP contribution >= 0.6 is 11.3 Å². The molecule has 1 aliphatic rings. The number of hydrogen-bond donors (Lipinski definition) is 1. The van der Waals surface area contributed by atoms with Crippen LogP contribution < -0.4 is 0 Å². The first-order valence-corrected chi connectivity index (χ1v) is 7.04. The van der Waals surface area contributed by atoms with Gasteiger partial charge in [-0.1, -0.05) is 12.8 Å². The first-order valence-electron chi connectivity index (χ1n) is 6.09. The third-order valence-corrected chi connectivity index (χ3v) is 4.25. The van der Waals surface area contributed by atoms with Gasteiger partial charge in [0.15, 0.2) is 0 Å². The van der Waals surface area contributed by atoms with Crippen LogP contribution in [0.4, 0.5) is 0 Å². The standard InChI is InChI=1S/C11H13N5O2S/c17-10(18)11(3-1-2-4-11)6-16-9(13-14-15-16)8-5-19-7-12-8/h5,7H,1-4,6H2,(H,17,18). The Labute approximate surface area is 113 Å². The summed E-state index contributed by atoms with van der Waals surface area (Å²) in [5.74, 6) is -0.224. The minimum absolute atomic E-state index is 0.308. The van der Waals surface area contributed by atoms with Crippen LogP contribution in [0.3, 0.4) is 0 Å². The van der Waals surface area contributed by atoms with E-state index in [0.717, 1.165) is 12.8 Å². The summed E-state index contributed by atoms with van der Waals surface area (Å²) in [7, 11) is 0. The molecule has 2 aromatic heterocycles. The number of aliphatic carboxylic acids is 1. The summed E-state index contributed by atoms with van der Waals surface area (Å²) >= 11 is 1.46. The number of thiazole rings is 1. The molecule has 2 aromatic rings. The van der Waals surface area contributed by atoms with Crippen molar-refractivity contribution in [1.29, 1.82) is 0 Å². The van der Waals surface area contributed by atoms with Crippen LogP contribution in [0.15, 0.2) is 10.9 Å². The Morgan fingerprint density at radius 2 is 2.26 bits per heavy atom. The molecule has 0 amide bonds. The monoisotopic (exact) mass is 279 g/mol. The lowest BCUT2D eigenvalue weighted by Crippen LogP contribution is -2.33. The second-order valence-electron chi connectivity index (χ2n) is 4.83. The van der Waals surface area contributed by atoms with Gasteiger partial charge in [-0.05, 0) is 23.3 Å². The number of nitrogens with zero attached hydrogens (tertiary/aromatic N) is 5. The van der Waals surface area contributed by atoms with Crippen LogP contribution in [0.25, 0.3) is 11.5 Å². The van der Waals surface area contributed by atoms with Gasteiger partial charge >= 0.3 is 5.97 Å². The average Bonchev–Trinajstić information content (AvgIpc) is 3.09. The fourth-order valence-electron chi connectivity index (χ4n) is 2.60. The lowest BCUT2D eigenvalue weighted by molar-refractivity contribution is -0.149. The zero-order valence-electron chi connectivity index (χ0n) is 10.2. The summed E-state index contributed by atoms with van der Waals surface area (Å²) in [6.45, 7) is 0.308. The van der Waals surface area contributed by atoms with E-state index in [2.05, 4.69) is 20.5 Å². The number of tetrazole rings is 1. The molecule has 0 spiro atoms. The van der Waals surface area contributed by atoms with E-state index in [1.165, 1.54) is 11.3 Å². The zero-order valence-corrected chi connectivity index (χ0v) is 11.0. The van der Waals surface area contributed by atoms with Crippen LogP contribution in [-0.4, -0.2) is 36.3 Å². The number of hydrogen-bond acceptors (Lipinski definition) is 6. The lowest BCUT2D eigenvalue weighted by atomic mass is 9.86. The van der Waals surface area contributed by atoms with Crippen LogP contribution in [0.1, 0.15) is 25.7 Å². The molecule has 0 aliphatic heterocycles. The molecular weight excluding hydrogens is 266 g/mol. The molecule has 2 heterocycles. The molecule has 8 heteroatoms. The topological polar surface area (TPSA) is 93.8 Å². The van der Waals surface area contributed by atoms with Crippen LogP contribution in [0, 0.1) is 5.41 Å². The minimum Gasteiger partial charge on any atom is -0.481 e. The summed E-state index contributed by atoms with van der Waals surface area (Å²) in [6.07, 6.45) is 3.25. The summed E-state index contributed by atoms with van der Waals surface area (Å²) < 4.78 is 1.56. The van der Waals surface area contributed by atoms with E-state index in [1.54, 1.807) is 10.2 Å². The number of aromatic nitrogens is 5. The quantitative estimate of drug-likeness (QED) is 0.910. The maximum Gasteiger partial charge on any atom is 0.311 e. The van der Waals surface area contributed by atoms with E-state index >= 15 is 0 Å². The second-order valence-corrected chi connectivity index (χ2v) is 5.55. The van der Waals surface area contributed by atoms with Crippen molar-refractivity contribution in [3.63, 3.8) is 0 Å². The fourth-order valence-corrected chi connectivity index (χ4v) is 3.13. The molecule has 19 heavy (non-hydrogen) atoms. The van der Waals surface area contributed by atoms with Gasteiger partial charge in [0, 0.05) is 5.38 Å². The Hall–Kier alpha value is -1.83. The Balaban J connectivity index is 1.92. The normalized spacial score (nSPS) is 17.7. The average molecular weight is 279 g/mol. The largest absolute Gasteiger partial charge is 0.481 e. The van der Waals surface area contributed by atoms with Gasteiger partial charge in [-0.2, -0.15) is 0 Å². The predicted molar refractivity (Wildman–Crippen MR) is 67.5 cm³/mol. The molecule has 0 atom stereocenters. The maximum atomic E-state index is 11.6. The Morgan fingerprint density at radius 3 is 2.89 bits per heavy atom. The molecular formula is C11H13N5O2S. The lowest BCUT2D eigenvalue weighted by Gasteiger charge is -2.23. The predicted octanol–water partition coefficient (Wildman–Crippen LogP) is 1.44. The van der Waals surface area contributed by atoms with Gasteiger partial charge in [-0.25, -0.2) is 9.67 Å². The first kappa shape index (κ1) is 12.2. The molecule has 1 saturated carbocycles. The van der Waals surface area contributed by atoms with E-state index in [1.807, 2.05) is 5.38 Å². The van der Waals surface area contributed by atoms with Crippen molar-refractivity contribution in [3.05, 3.63) is 10.9 Å². The van der Waals surface area contributed by atoms with Gasteiger partial charge in [-0.15, -0.1) is 16.4 Å². The van der Waals surface area contributed by atoms with Crippen molar-refractivity contribution in [1.82, 2.24) is 25.2 Å². The van der Waals surface area contributed by atoms with Crippen molar-refractivity contribution in [2.45, 2.75) is 32.2 Å². The summed E-state index contributed by atoms with van der Waals surface area (Å²) in [4.78, 5) is 15.7. The van der Waals surface area contributed by atoms with Gasteiger partial charge in [0.1, 0.15) is 5.69 Å². The van der Waals surface area contributed by atoms with E-state index in [0.29, 0.717) is 30.9 Å². The molecule has 0 unspecified atom stereocenters. The molecule has 0 saturated heterocycles. The van der Waals surface area contributed by atoms with Crippen LogP contribution in [-0.2, 0) is 11.3 Å². The highest BCUT2D eigenvalue weighted by atomic mass is 32.1. The van der Waals surface area contributed by atoms with Crippen molar-refractivity contribution < 1.29 is 9.90 Å². The van der Waals surface area contributed by atoms with Gasteiger partial charge in [0.25, 0.3) is 0 Å². The second kappa shape index (κ2) is 4.69. The first-order chi connectivity index (χ1) is 9.21. The highest BCUT2D eigenvalue weighted by Gasteiger charge is 2.42. The molecule has 100 valence electrons. The summed E-state index contributed by atoms with van der Waals surface area (Å²) in [5, 5.41) is 22.8. The Kier molecular flexibility index (Phi) is 3.02. The summed E-state index contributed by atoms with van der Waals surface area (Å²) in [5.41, 5.74) is 1.66. The molecule has 1 aliphatic carbocycles. The Morgan fingerprint density at radius 1 is 1.47 bits per heavy atom. The zero-order chi connectivity index (χ0) is 13.3. The molecule has 1 N–H and O–H groups in total. The molecule has 0 bridgehead atoms. The Bertz CT molecular complexity index is 574. The van der Waals surface area contributed by atoms with Crippen molar-refractivity contribution >= 4 is 17.3 Å². The minimum atomic E-state index is -0.760. The molecule has 3 rings (SSSR count). The third kappa shape index (κ3) is 2.12. The van der Waals surface area contributed by atoms with E-state index in [-0.39, 0.29) is 0 Å². The smallest absolute Gasteiger partial charge is 0.311 e. The molecule has 0 radical (unpaired) electrons. The number of carboxylic acid groups (broad SMARTS) is 1. The molecule has 0 aromatic carbocycles. The van der Waals surface area contributed by atoms with E-state index < -0.39 is 11.4 Å². The van der Waals surface area contributed by atoms with Crippen molar-refractivity contribution in [2.75, 3.05) is 0 Å². The highest BCUT2D eigenvalue weighted by molar-refractivity contribution is 7.07. The van der Waals surface area contributed by atoms with Gasteiger partial charge in [0.05, 0.1) is 17.5 Å². The SMILES string of the molecule is O=C(O)C1(Cn2nnnc2-c2cscn2)CCCC1. The van der Waals surface area contributed by atoms with Crippen LogP contribution in [0.2, 0.25) is 0 Å². The van der Waals surface area contributed by atoms with Gasteiger partial charge in [-0.3, -0.25) is 4.79 Å².